The van der Waals surface area contributed by atoms with E-state index in [0.717, 1.165) is 6.61 Å². The Labute approximate surface area is 78.8 Å². The number of hydrogen-bond donors (Lipinski definition) is 0. The quantitative estimate of drug-likeness (QED) is 0.424. The van der Waals surface area contributed by atoms with E-state index in [4.69, 9.17) is 4.43 Å². The number of hydrogen-bond acceptors (Lipinski definition) is 1. The zero-order chi connectivity index (χ0) is 8.04. The van der Waals surface area contributed by atoms with Gasteiger partial charge in [0, 0.05) is 6.61 Å². The zero-order valence-corrected chi connectivity index (χ0v) is 10.3. The molecule has 0 heterocycles. The third-order valence-corrected chi connectivity index (χ3v) is 4.84. The minimum Gasteiger partial charge on any atom is -0.418 e. The van der Waals surface area contributed by atoms with Crippen molar-refractivity contribution in [3.8, 4) is 0 Å². The van der Waals surface area contributed by atoms with Gasteiger partial charge in [-0.25, -0.2) is 0 Å². The first-order chi connectivity index (χ1) is 4.62. The second-order valence-corrected chi connectivity index (χ2v) is 8.37. The molecule has 0 aromatic rings. The van der Waals surface area contributed by atoms with Crippen molar-refractivity contribution in [2.24, 2.45) is 0 Å². The zero-order valence-electron chi connectivity index (χ0n) is 7.11. The van der Waals surface area contributed by atoms with Crippen molar-refractivity contribution in [3.63, 3.8) is 0 Å². The molecule has 0 fully saturated rings. The van der Waals surface area contributed by atoms with Gasteiger partial charge in [0.15, 0.2) is 8.32 Å². The highest BCUT2D eigenvalue weighted by Gasteiger charge is 2.19. The Bertz CT molecular complexity index is 85.7. The SMILES string of the molecule is CCO[Si](C)(C)CCCI. The molecule has 0 N–H and O–H groups in total. The Morgan fingerprint density at radius 1 is 1.40 bits per heavy atom. The molecule has 10 heavy (non-hydrogen) atoms. The van der Waals surface area contributed by atoms with Crippen LogP contribution in [-0.4, -0.2) is 19.4 Å². The van der Waals surface area contributed by atoms with Gasteiger partial charge in [-0.2, -0.15) is 0 Å². The molecule has 0 unspecified atom stereocenters. The van der Waals surface area contributed by atoms with E-state index < -0.39 is 8.32 Å². The Morgan fingerprint density at radius 3 is 2.40 bits per heavy atom. The van der Waals surface area contributed by atoms with Crippen LogP contribution in [0.15, 0.2) is 0 Å². The van der Waals surface area contributed by atoms with Gasteiger partial charge in [-0.15, -0.1) is 0 Å². The smallest absolute Gasteiger partial charge is 0.186 e. The van der Waals surface area contributed by atoms with Crippen molar-refractivity contribution in [3.05, 3.63) is 0 Å². The number of alkyl halides is 1. The molecule has 0 aliphatic carbocycles. The summed E-state index contributed by atoms with van der Waals surface area (Å²) in [6.07, 6.45) is 1.32. The van der Waals surface area contributed by atoms with Crippen molar-refractivity contribution in [1.82, 2.24) is 0 Å². The summed E-state index contributed by atoms with van der Waals surface area (Å²) < 4.78 is 6.93. The molecular formula is C7H17IOSi. The lowest BCUT2D eigenvalue weighted by molar-refractivity contribution is 0.328. The van der Waals surface area contributed by atoms with Crippen molar-refractivity contribution in [2.45, 2.75) is 32.5 Å². The predicted molar refractivity (Wildman–Crippen MR) is 57.4 cm³/mol. The van der Waals surface area contributed by atoms with Crippen LogP contribution in [-0.2, 0) is 4.43 Å². The lowest BCUT2D eigenvalue weighted by Gasteiger charge is -2.20. The molecule has 0 atom stereocenters. The summed E-state index contributed by atoms with van der Waals surface area (Å²) in [6.45, 7) is 7.56. The Kier molecular flexibility index (Phi) is 6.05. The first-order valence-electron chi connectivity index (χ1n) is 3.82. The van der Waals surface area contributed by atoms with Gasteiger partial charge in [-0.3, -0.25) is 0 Å². The first-order valence-corrected chi connectivity index (χ1v) is 8.46. The minimum atomic E-state index is -1.23. The predicted octanol–water partition coefficient (Wildman–Crippen LogP) is 3.05. The highest BCUT2D eigenvalue weighted by atomic mass is 127. The molecule has 0 saturated carbocycles. The normalized spacial score (nSPS) is 12.0. The summed E-state index contributed by atoms with van der Waals surface area (Å²) in [4.78, 5) is 0. The fraction of sp³-hybridized carbons (Fsp3) is 1.00. The Balaban J connectivity index is 3.42. The van der Waals surface area contributed by atoms with Crippen LogP contribution >= 0.6 is 22.6 Å². The lowest BCUT2D eigenvalue weighted by Crippen LogP contribution is -2.29. The van der Waals surface area contributed by atoms with Gasteiger partial charge < -0.3 is 4.43 Å². The Hall–Kier alpha value is 0.907. The van der Waals surface area contributed by atoms with Crippen LogP contribution in [0.2, 0.25) is 19.1 Å². The topological polar surface area (TPSA) is 9.23 Å². The molecule has 0 aromatic carbocycles. The van der Waals surface area contributed by atoms with E-state index in [0.29, 0.717) is 0 Å². The van der Waals surface area contributed by atoms with Crippen LogP contribution in [0.4, 0.5) is 0 Å². The average Bonchev–Trinajstić information content (AvgIpc) is 1.84. The van der Waals surface area contributed by atoms with Gasteiger partial charge in [0.05, 0.1) is 0 Å². The van der Waals surface area contributed by atoms with Gasteiger partial charge in [0.1, 0.15) is 0 Å². The highest BCUT2D eigenvalue weighted by Crippen LogP contribution is 2.13. The summed E-state index contributed by atoms with van der Waals surface area (Å²) in [6, 6.07) is 1.31. The van der Waals surface area contributed by atoms with Crippen LogP contribution < -0.4 is 0 Å². The highest BCUT2D eigenvalue weighted by molar-refractivity contribution is 14.1. The van der Waals surface area contributed by atoms with E-state index in [9.17, 15) is 0 Å². The van der Waals surface area contributed by atoms with Crippen LogP contribution in [0, 0.1) is 0 Å². The maximum atomic E-state index is 5.67. The molecule has 0 radical (unpaired) electrons. The third kappa shape index (κ3) is 5.67. The van der Waals surface area contributed by atoms with E-state index in [2.05, 4.69) is 42.6 Å². The van der Waals surface area contributed by atoms with Gasteiger partial charge in [-0.1, -0.05) is 22.6 Å². The summed E-state index contributed by atoms with van der Waals surface area (Å²) >= 11 is 2.42. The van der Waals surface area contributed by atoms with E-state index in [1.807, 2.05) is 0 Å². The molecule has 0 rings (SSSR count). The third-order valence-electron chi connectivity index (χ3n) is 1.45. The van der Waals surface area contributed by atoms with Crippen LogP contribution in [0.3, 0.4) is 0 Å². The maximum absolute atomic E-state index is 5.67. The largest absolute Gasteiger partial charge is 0.418 e. The van der Waals surface area contributed by atoms with Gasteiger partial charge in [0.25, 0.3) is 0 Å². The average molecular weight is 272 g/mol. The molecule has 0 aliphatic rings. The first kappa shape index (κ1) is 10.9. The van der Waals surface area contributed by atoms with E-state index >= 15 is 0 Å². The molecule has 0 bridgehead atoms. The van der Waals surface area contributed by atoms with Gasteiger partial charge >= 0.3 is 0 Å². The van der Waals surface area contributed by atoms with Crippen LogP contribution in [0.1, 0.15) is 13.3 Å². The molecule has 62 valence electrons. The van der Waals surface area contributed by atoms with Gasteiger partial charge in [0.2, 0.25) is 0 Å². The maximum Gasteiger partial charge on any atom is 0.186 e. The second kappa shape index (κ2) is 5.54. The summed E-state index contributed by atoms with van der Waals surface area (Å²) in [5.41, 5.74) is 0. The van der Waals surface area contributed by atoms with Crippen molar-refractivity contribution in [2.75, 3.05) is 11.0 Å². The molecule has 3 heteroatoms. The van der Waals surface area contributed by atoms with Crippen LogP contribution in [0.5, 0.6) is 0 Å². The summed E-state index contributed by atoms with van der Waals surface area (Å²) in [7, 11) is -1.23. The van der Waals surface area contributed by atoms with Crippen molar-refractivity contribution >= 4 is 30.9 Å². The van der Waals surface area contributed by atoms with E-state index in [1.165, 1.54) is 16.9 Å². The molecule has 0 spiro atoms. The molecule has 0 aliphatic heterocycles. The fourth-order valence-corrected chi connectivity index (χ4v) is 4.01. The number of rotatable bonds is 5. The van der Waals surface area contributed by atoms with Gasteiger partial charge in [-0.05, 0) is 36.9 Å². The molecule has 0 amide bonds. The van der Waals surface area contributed by atoms with Crippen LogP contribution in [0.25, 0.3) is 0 Å². The van der Waals surface area contributed by atoms with Crippen molar-refractivity contribution < 1.29 is 4.43 Å². The molecule has 1 nitrogen and oxygen atoms in total. The minimum absolute atomic E-state index is 0.889. The second-order valence-electron chi connectivity index (χ2n) is 2.99. The number of halogens is 1. The van der Waals surface area contributed by atoms with E-state index in [1.54, 1.807) is 0 Å². The molecule has 0 aromatic heterocycles. The molecule has 0 saturated heterocycles. The summed E-state index contributed by atoms with van der Waals surface area (Å²) in [5.74, 6) is 0. The van der Waals surface area contributed by atoms with E-state index in [-0.39, 0.29) is 0 Å². The Morgan fingerprint density at radius 2 is 2.00 bits per heavy atom. The fourth-order valence-electron chi connectivity index (χ4n) is 0.955. The van der Waals surface area contributed by atoms with Crippen molar-refractivity contribution in [1.29, 1.82) is 0 Å². The lowest BCUT2D eigenvalue weighted by atomic mass is 10.6. The monoisotopic (exact) mass is 272 g/mol. The standard InChI is InChI=1S/C7H17IOSi/c1-4-9-10(2,3)7-5-6-8/h4-7H2,1-3H3. The molecular weight excluding hydrogens is 255 g/mol. The summed E-state index contributed by atoms with van der Waals surface area (Å²) in [5, 5.41) is 0.